The fraction of sp³-hybridized carbons (Fsp3) is 0.393. The second-order valence-corrected chi connectivity index (χ2v) is 9.77. The molecule has 8 heteroatoms. The Kier molecular flexibility index (Phi) is 8.04. The highest BCUT2D eigenvalue weighted by Gasteiger charge is 2.49. The lowest BCUT2D eigenvalue weighted by Crippen LogP contribution is -2.43. The van der Waals surface area contributed by atoms with Crippen molar-refractivity contribution in [2.75, 3.05) is 13.2 Å². The molecular weight excluding hydrogens is 481 g/mol. The molecule has 0 amide bonds. The van der Waals surface area contributed by atoms with Crippen molar-refractivity contribution in [3.8, 4) is 0 Å². The van der Waals surface area contributed by atoms with Gasteiger partial charge in [0.15, 0.2) is 5.78 Å². The molecule has 0 bridgehead atoms. The second kappa shape index (κ2) is 11.2. The number of halogens is 1. The number of hydrogen-bond acceptors (Lipinski definition) is 7. The van der Waals surface area contributed by atoms with E-state index in [-0.39, 0.29) is 18.8 Å². The molecule has 0 saturated carbocycles. The molecule has 36 heavy (non-hydrogen) atoms. The molecule has 2 aliphatic rings. The number of dihydropyridines is 1. The van der Waals surface area contributed by atoms with Gasteiger partial charge in [-0.3, -0.25) is 9.59 Å². The van der Waals surface area contributed by atoms with Crippen LogP contribution in [0.25, 0.3) is 0 Å². The summed E-state index contributed by atoms with van der Waals surface area (Å²) in [6.45, 7) is 5.71. The highest BCUT2D eigenvalue weighted by molar-refractivity contribution is 7.10. The van der Waals surface area contributed by atoms with Crippen LogP contribution >= 0.6 is 11.3 Å². The van der Waals surface area contributed by atoms with Crippen molar-refractivity contribution in [3.63, 3.8) is 0 Å². The third kappa shape index (κ3) is 4.87. The molecule has 1 aromatic heterocycles. The largest absolute Gasteiger partial charge is 0.465 e. The topological polar surface area (TPSA) is 81.7 Å². The molecule has 0 unspecified atom stereocenters. The van der Waals surface area contributed by atoms with Crippen LogP contribution in [0.5, 0.6) is 0 Å². The van der Waals surface area contributed by atoms with E-state index in [0.717, 1.165) is 11.3 Å². The SMILES string of the molecule is CCCC1=C(C(=O)OCC)[C@H](c2cccc(F)c2)C2=C(C[C@@H](c3cccs3)[C@@H](C(=O)OCC)C2=O)N1. The maximum atomic E-state index is 14.4. The minimum absolute atomic E-state index is 0.145. The Bertz CT molecular complexity index is 1220. The van der Waals surface area contributed by atoms with Gasteiger partial charge in [0.1, 0.15) is 11.7 Å². The monoisotopic (exact) mass is 511 g/mol. The fourth-order valence-electron chi connectivity index (χ4n) is 5.14. The van der Waals surface area contributed by atoms with Gasteiger partial charge in [-0.05, 0) is 55.8 Å². The molecule has 4 rings (SSSR count). The van der Waals surface area contributed by atoms with E-state index in [1.165, 1.54) is 23.5 Å². The van der Waals surface area contributed by atoms with Crippen molar-refractivity contribution < 1.29 is 28.2 Å². The predicted octanol–water partition coefficient (Wildman–Crippen LogP) is 5.38. The summed E-state index contributed by atoms with van der Waals surface area (Å²) >= 11 is 1.49. The summed E-state index contributed by atoms with van der Waals surface area (Å²) in [5.41, 5.74) is 2.37. The predicted molar refractivity (Wildman–Crippen MR) is 135 cm³/mol. The van der Waals surface area contributed by atoms with Crippen molar-refractivity contribution in [2.45, 2.75) is 51.9 Å². The zero-order valence-electron chi connectivity index (χ0n) is 20.6. The standard InChI is InChI=1S/C28H30FNO5S/c1-4-9-19-25(28(33)35-6-3)22(16-10-7-11-17(29)14-16)24-20(30-19)15-18(21-12-8-13-36-21)23(26(24)31)27(32)34-5-2/h7-8,10-14,18,22-23,30H,4-6,9,15H2,1-3H3/t18-,22+,23+/m0/s1. The van der Waals surface area contributed by atoms with E-state index in [0.29, 0.717) is 35.4 Å². The fourth-order valence-corrected chi connectivity index (χ4v) is 6.00. The molecule has 6 nitrogen and oxygen atoms in total. The third-order valence-corrected chi connectivity index (χ3v) is 7.53. The Morgan fingerprint density at radius 1 is 1.11 bits per heavy atom. The van der Waals surface area contributed by atoms with E-state index in [1.807, 2.05) is 24.4 Å². The van der Waals surface area contributed by atoms with Crippen LogP contribution in [0, 0.1) is 11.7 Å². The van der Waals surface area contributed by atoms with Crippen LogP contribution in [0.4, 0.5) is 4.39 Å². The minimum Gasteiger partial charge on any atom is -0.465 e. The molecule has 0 radical (unpaired) electrons. The summed E-state index contributed by atoms with van der Waals surface area (Å²) in [6, 6.07) is 9.71. The van der Waals surface area contributed by atoms with E-state index in [9.17, 15) is 18.8 Å². The first-order valence-corrected chi connectivity index (χ1v) is 13.2. The molecule has 1 aromatic carbocycles. The van der Waals surface area contributed by atoms with Crippen molar-refractivity contribution in [2.24, 2.45) is 5.92 Å². The summed E-state index contributed by atoms with van der Waals surface area (Å²) in [7, 11) is 0. The number of rotatable bonds is 8. The first-order valence-electron chi connectivity index (χ1n) is 12.3. The lowest BCUT2D eigenvalue weighted by atomic mass is 9.68. The van der Waals surface area contributed by atoms with Crippen molar-refractivity contribution in [3.05, 3.63) is 80.6 Å². The summed E-state index contributed by atoms with van der Waals surface area (Å²) in [5.74, 6) is -4.35. The first kappa shape index (κ1) is 25.8. The van der Waals surface area contributed by atoms with Crippen LogP contribution < -0.4 is 5.32 Å². The van der Waals surface area contributed by atoms with Gasteiger partial charge in [-0.25, -0.2) is 9.18 Å². The highest BCUT2D eigenvalue weighted by Crippen LogP contribution is 2.49. The third-order valence-electron chi connectivity index (χ3n) is 6.53. The summed E-state index contributed by atoms with van der Waals surface area (Å²) < 4.78 is 25.1. The first-order chi connectivity index (χ1) is 17.4. The molecule has 1 aliphatic heterocycles. The van der Waals surface area contributed by atoms with Crippen LogP contribution in [0.1, 0.15) is 62.3 Å². The lowest BCUT2D eigenvalue weighted by molar-refractivity contribution is -0.152. The molecule has 3 atom stereocenters. The van der Waals surface area contributed by atoms with Crippen LogP contribution in [-0.4, -0.2) is 30.9 Å². The number of nitrogens with one attached hydrogen (secondary N) is 1. The van der Waals surface area contributed by atoms with Gasteiger partial charge in [-0.15, -0.1) is 11.3 Å². The molecule has 0 spiro atoms. The minimum atomic E-state index is -1.06. The van der Waals surface area contributed by atoms with Crippen LogP contribution in [0.15, 0.2) is 64.3 Å². The van der Waals surface area contributed by atoms with E-state index >= 15 is 0 Å². The Balaban J connectivity index is 1.93. The number of esters is 2. The molecule has 2 aromatic rings. The lowest BCUT2D eigenvalue weighted by Gasteiger charge is -2.39. The normalized spacial score (nSPS) is 21.7. The van der Waals surface area contributed by atoms with E-state index < -0.39 is 41.3 Å². The number of thiophene rings is 1. The van der Waals surface area contributed by atoms with Gasteiger partial charge in [-0.2, -0.15) is 0 Å². The molecular formula is C28H30FNO5S. The van der Waals surface area contributed by atoms with Gasteiger partial charge in [0.25, 0.3) is 0 Å². The summed E-state index contributed by atoms with van der Waals surface area (Å²) in [6.07, 6.45) is 1.69. The molecule has 1 aliphatic carbocycles. The Labute approximate surface area is 214 Å². The number of ether oxygens (including phenoxy) is 2. The van der Waals surface area contributed by atoms with E-state index in [2.05, 4.69) is 5.32 Å². The van der Waals surface area contributed by atoms with Gasteiger partial charge in [-0.1, -0.05) is 31.5 Å². The summed E-state index contributed by atoms with van der Waals surface area (Å²) in [5, 5.41) is 5.28. The second-order valence-electron chi connectivity index (χ2n) is 8.79. The smallest absolute Gasteiger partial charge is 0.336 e. The van der Waals surface area contributed by atoms with E-state index in [1.54, 1.807) is 26.0 Å². The Morgan fingerprint density at radius 2 is 1.89 bits per heavy atom. The maximum Gasteiger partial charge on any atom is 0.336 e. The van der Waals surface area contributed by atoms with Gasteiger partial charge in [0.05, 0.1) is 18.8 Å². The summed E-state index contributed by atoms with van der Waals surface area (Å²) in [4.78, 5) is 41.5. The zero-order chi connectivity index (χ0) is 25.8. The van der Waals surface area contributed by atoms with Gasteiger partial charge < -0.3 is 14.8 Å². The van der Waals surface area contributed by atoms with Crippen LogP contribution in [0.2, 0.25) is 0 Å². The van der Waals surface area contributed by atoms with Crippen molar-refractivity contribution >= 4 is 29.1 Å². The number of Topliss-reactive ketones (excluding diaryl/α,β-unsaturated/α-hetero) is 1. The van der Waals surface area contributed by atoms with Crippen molar-refractivity contribution in [1.82, 2.24) is 5.32 Å². The van der Waals surface area contributed by atoms with Gasteiger partial charge in [0.2, 0.25) is 0 Å². The Morgan fingerprint density at radius 3 is 2.53 bits per heavy atom. The number of benzene rings is 1. The molecule has 2 heterocycles. The Hall–Kier alpha value is -3.26. The number of hydrogen-bond donors (Lipinski definition) is 1. The number of carbonyl (C=O) groups excluding carboxylic acids is 3. The van der Waals surface area contributed by atoms with Gasteiger partial charge in [0, 0.05) is 33.7 Å². The average molecular weight is 512 g/mol. The van der Waals surface area contributed by atoms with Gasteiger partial charge >= 0.3 is 11.9 Å². The average Bonchev–Trinajstić information content (AvgIpc) is 3.38. The molecule has 190 valence electrons. The molecule has 1 N–H and O–H groups in total. The van der Waals surface area contributed by atoms with Crippen molar-refractivity contribution in [1.29, 1.82) is 0 Å². The van der Waals surface area contributed by atoms with Crippen LogP contribution in [-0.2, 0) is 23.9 Å². The highest BCUT2D eigenvalue weighted by atomic mass is 32.1. The zero-order valence-corrected chi connectivity index (χ0v) is 21.5. The van der Waals surface area contributed by atoms with Crippen LogP contribution in [0.3, 0.4) is 0 Å². The molecule has 0 fully saturated rings. The number of ketones is 1. The molecule has 0 saturated heterocycles. The number of allylic oxidation sites excluding steroid dienone is 3. The van der Waals surface area contributed by atoms with E-state index in [4.69, 9.17) is 9.47 Å². The quantitative estimate of drug-likeness (QED) is 0.379. The maximum absolute atomic E-state index is 14.4. The number of carbonyl (C=O) groups is 3.